The Morgan fingerprint density at radius 3 is 2.81 bits per heavy atom. The van der Waals surface area contributed by atoms with Crippen LogP contribution in [0.3, 0.4) is 0 Å². The lowest BCUT2D eigenvalue weighted by Crippen LogP contribution is -2.27. The maximum Gasteiger partial charge on any atom is 0.242 e. The number of rotatable bonds is 5. The molecule has 0 bridgehead atoms. The Kier molecular flexibility index (Phi) is 4.59. The number of nitrogens with zero attached hydrogens (tertiary/aromatic N) is 2. The topological polar surface area (TPSA) is 111 Å². The Balaban J connectivity index is 2.10. The Morgan fingerprint density at radius 2 is 2.19 bits per heavy atom. The van der Waals surface area contributed by atoms with Crippen molar-refractivity contribution in [3.63, 3.8) is 0 Å². The minimum atomic E-state index is -3.85. The van der Waals surface area contributed by atoms with Crippen molar-refractivity contribution in [1.29, 1.82) is 0 Å². The zero-order chi connectivity index (χ0) is 15.6. The van der Waals surface area contributed by atoms with Crippen LogP contribution in [0.1, 0.15) is 11.7 Å². The number of hydrogen-bond acceptors (Lipinski definition) is 6. The molecule has 10 heteroatoms. The summed E-state index contributed by atoms with van der Waals surface area (Å²) in [4.78, 5) is 3.76. The molecule has 0 aliphatic carbocycles. The van der Waals surface area contributed by atoms with E-state index in [1.807, 2.05) is 0 Å². The van der Waals surface area contributed by atoms with Crippen molar-refractivity contribution < 1.29 is 17.3 Å². The first-order chi connectivity index (χ1) is 9.79. The summed E-state index contributed by atoms with van der Waals surface area (Å²) in [6, 6.07) is 2.06. The lowest BCUT2D eigenvalue weighted by atomic mass is 10.3. The summed E-state index contributed by atoms with van der Waals surface area (Å²) in [5, 5.41) is 3.65. The van der Waals surface area contributed by atoms with Crippen LogP contribution in [0.2, 0.25) is 0 Å². The molecule has 0 radical (unpaired) electrons. The number of aromatic nitrogens is 2. The van der Waals surface area contributed by atoms with Crippen LogP contribution in [-0.2, 0) is 16.4 Å². The standard InChI is InChI=1S/C11H12BrFN4O3S/c1-6-16-11(17-20-6)2-3-15-21(18,19)10-4-7(12)8(13)5-9(10)14/h4-5,15H,2-3,14H2,1H3. The van der Waals surface area contributed by atoms with Gasteiger partial charge in [0, 0.05) is 19.9 Å². The van der Waals surface area contributed by atoms with E-state index in [4.69, 9.17) is 10.3 Å². The molecule has 0 amide bonds. The summed E-state index contributed by atoms with van der Waals surface area (Å²) in [7, 11) is -3.85. The van der Waals surface area contributed by atoms with Gasteiger partial charge in [0.15, 0.2) is 5.82 Å². The van der Waals surface area contributed by atoms with Crippen molar-refractivity contribution in [2.24, 2.45) is 0 Å². The number of aryl methyl sites for hydroxylation is 1. The van der Waals surface area contributed by atoms with Gasteiger partial charge in [-0.2, -0.15) is 4.98 Å². The van der Waals surface area contributed by atoms with Gasteiger partial charge in [-0.05, 0) is 28.1 Å². The highest BCUT2D eigenvalue weighted by Crippen LogP contribution is 2.25. The molecule has 1 aromatic heterocycles. The third kappa shape index (κ3) is 3.77. The minimum Gasteiger partial charge on any atom is -0.398 e. The van der Waals surface area contributed by atoms with E-state index < -0.39 is 15.8 Å². The highest BCUT2D eigenvalue weighted by molar-refractivity contribution is 9.10. The molecule has 0 atom stereocenters. The molecular weight excluding hydrogens is 367 g/mol. The third-order valence-corrected chi connectivity index (χ3v) is 4.68. The molecule has 114 valence electrons. The Morgan fingerprint density at radius 1 is 1.48 bits per heavy atom. The van der Waals surface area contributed by atoms with Gasteiger partial charge in [0.25, 0.3) is 0 Å². The van der Waals surface area contributed by atoms with E-state index in [0.29, 0.717) is 11.7 Å². The van der Waals surface area contributed by atoms with Crippen LogP contribution < -0.4 is 10.5 Å². The van der Waals surface area contributed by atoms with Crippen molar-refractivity contribution in [3.8, 4) is 0 Å². The highest BCUT2D eigenvalue weighted by Gasteiger charge is 2.19. The van der Waals surface area contributed by atoms with Crippen LogP contribution in [0.15, 0.2) is 26.0 Å². The van der Waals surface area contributed by atoms with Crippen molar-refractivity contribution in [1.82, 2.24) is 14.9 Å². The average Bonchev–Trinajstić information content (AvgIpc) is 2.79. The van der Waals surface area contributed by atoms with Gasteiger partial charge >= 0.3 is 0 Å². The molecule has 21 heavy (non-hydrogen) atoms. The third-order valence-electron chi connectivity index (χ3n) is 2.55. The van der Waals surface area contributed by atoms with E-state index in [2.05, 4.69) is 30.8 Å². The molecule has 3 N–H and O–H groups in total. The smallest absolute Gasteiger partial charge is 0.242 e. The predicted molar refractivity (Wildman–Crippen MR) is 76.4 cm³/mol. The van der Waals surface area contributed by atoms with Crippen molar-refractivity contribution in [2.45, 2.75) is 18.2 Å². The molecular formula is C11H12BrFN4O3S. The van der Waals surface area contributed by atoms with E-state index in [1.165, 1.54) is 0 Å². The first-order valence-corrected chi connectivity index (χ1v) is 8.10. The van der Waals surface area contributed by atoms with Crippen molar-refractivity contribution >= 4 is 31.6 Å². The zero-order valence-corrected chi connectivity index (χ0v) is 13.3. The maximum absolute atomic E-state index is 13.3. The van der Waals surface area contributed by atoms with E-state index >= 15 is 0 Å². The molecule has 0 fully saturated rings. The normalized spacial score (nSPS) is 11.8. The Labute approximate surface area is 128 Å². The number of sulfonamides is 1. The first kappa shape index (κ1) is 15.9. The summed E-state index contributed by atoms with van der Waals surface area (Å²) in [6.45, 7) is 1.70. The molecule has 0 spiro atoms. The quantitative estimate of drug-likeness (QED) is 0.760. The van der Waals surface area contributed by atoms with E-state index in [0.717, 1.165) is 12.1 Å². The SMILES string of the molecule is Cc1nc(CCNS(=O)(=O)c2cc(Br)c(F)cc2N)no1. The number of benzene rings is 1. The Hall–Kier alpha value is -1.52. The van der Waals surface area contributed by atoms with Gasteiger partial charge in [0.1, 0.15) is 10.7 Å². The molecule has 7 nitrogen and oxygen atoms in total. The second-order valence-electron chi connectivity index (χ2n) is 4.18. The second kappa shape index (κ2) is 6.08. The fourth-order valence-corrected chi connectivity index (χ4v) is 3.26. The van der Waals surface area contributed by atoms with Crippen LogP contribution >= 0.6 is 15.9 Å². The molecule has 2 rings (SSSR count). The number of nitrogen functional groups attached to an aromatic ring is 1. The lowest BCUT2D eigenvalue weighted by Gasteiger charge is -2.09. The second-order valence-corrected chi connectivity index (χ2v) is 6.77. The summed E-state index contributed by atoms with van der Waals surface area (Å²) >= 11 is 2.93. The van der Waals surface area contributed by atoms with Crippen LogP contribution in [0.25, 0.3) is 0 Å². The first-order valence-electron chi connectivity index (χ1n) is 5.83. The number of nitrogens with one attached hydrogen (secondary N) is 1. The van der Waals surface area contributed by atoms with Gasteiger partial charge in [0.05, 0.1) is 10.2 Å². The van der Waals surface area contributed by atoms with Gasteiger partial charge in [-0.3, -0.25) is 0 Å². The van der Waals surface area contributed by atoms with E-state index in [1.54, 1.807) is 6.92 Å². The van der Waals surface area contributed by atoms with E-state index in [9.17, 15) is 12.8 Å². The molecule has 0 saturated carbocycles. The zero-order valence-electron chi connectivity index (χ0n) is 10.9. The molecule has 2 aromatic rings. The average molecular weight is 379 g/mol. The van der Waals surface area contributed by atoms with E-state index in [-0.39, 0.29) is 28.0 Å². The molecule has 0 aliphatic rings. The van der Waals surface area contributed by atoms with Gasteiger partial charge < -0.3 is 10.3 Å². The summed E-state index contributed by atoms with van der Waals surface area (Å²) in [5.41, 5.74) is 5.37. The molecule has 0 saturated heterocycles. The molecule has 1 aromatic carbocycles. The predicted octanol–water partition coefficient (Wildman–Crippen LogP) is 1.38. The van der Waals surface area contributed by atoms with Gasteiger partial charge in [-0.15, -0.1) is 0 Å². The fourth-order valence-electron chi connectivity index (χ4n) is 1.59. The summed E-state index contributed by atoms with van der Waals surface area (Å²) < 4.78 is 44.6. The monoisotopic (exact) mass is 378 g/mol. The summed E-state index contributed by atoms with van der Waals surface area (Å²) in [6.07, 6.45) is 0.263. The largest absolute Gasteiger partial charge is 0.398 e. The van der Waals surface area contributed by atoms with Crippen LogP contribution in [0.4, 0.5) is 10.1 Å². The van der Waals surface area contributed by atoms with Crippen LogP contribution in [0, 0.1) is 12.7 Å². The van der Waals surface area contributed by atoms with Gasteiger partial charge in [0.2, 0.25) is 15.9 Å². The number of halogens is 2. The minimum absolute atomic E-state index is 0.0193. The number of nitrogens with two attached hydrogens (primary N) is 1. The molecule has 1 heterocycles. The molecule has 0 unspecified atom stereocenters. The Bertz CT molecular complexity index is 763. The molecule has 0 aliphatic heterocycles. The van der Waals surface area contributed by atoms with Gasteiger partial charge in [-0.25, -0.2) is 17.5 Å². The number of hydrogen-bond donors (Lipinski definition) is 2. The van der Waals surface area contributed by atoms with Crippen LogP contribution in [-0.4, -0.2) is 25.1 Å². The van der Waals surface area contributed by atoms with Crippen molar-refractivity contribution in [3.05, 3.63) is 34.1 Å². The van der Waals surface area contributed by atoms with Crippen molar-refractivity contribution in [2.75, 3.05) is 12.3 Å². The highest BCUT2D eigenvalue weighted by atomic mass is 79.9. The fraction of sp³-hybridized carbons (Fsp3) is 0.273. The maximum atomic E-state index is 13.3. The van der Waals surface area contributed by atoms with Crippen LogP contribution in [0.5, 0.6) is 0 Å². The lowest BCUT2D eigenvalue weighted by molar-refractivity contribution is 0.387. The number of anilines is 1. The van der Waals surface area contributed by atoms with Gasteiger partial charge in [-0.1, -0.05) is 5.16 Å². The summed E-state index contributed by atoms with van der Waals surface area (Å²) in [5.74, 6) is 0.164.